The first kappa shape index (κ1) is 17.3. The molecule has 2 heterocycles. The van der Waals surface area contributed by atoms with Crippen LogP contribution in [0.4, 0.5) is 5.69 Å². The van der Waals surface area contributed by atoms with E-state index < -0.39 is 0 Å². The fourth-order valence-electron chi connectivity index (χ4n) is 3.81. The molecule has 0 aliphatic carbocycles. The molecule has 0 N–H and O–H groups in total. The molecule has 0 atom stereocenters. The molecule has 3 aromatic rings. The van der Waals surface area contributed by atoms with Crippen molar-refractivity contribution in [2.24, 2.45) is 0 Å². The molecule has 0 amide bonds. The topological polar surface area (TPSA) is 19.4 Å². The molecule has 1 aliphatic heterocycles. The highest BCUT2D eigenvalue weighted by molar-refractivity contribution is 6.30. The van der Waals surface area contributed by atoms with Crippen LogP contribution in [0, 0.1) is 0 Å². The van der Waals surface area contributed by atoms with Crippen LogP contribution in [0.15, 0.2) is 60.9 Å². The number of rotatable bonds is 4. The number of nitrogens with zero attached hydrogens (tertiary/aromatic N) is 3. The van der Waals surface area contributed by atoms with Gasteiger partial charge in [0.1, 0.15) is 0 Å². The number of hydrogen-bond acceptors (Lipinski definition) is 3. The maximum Gasteiger partial charge on any atom is 0.0406 e. The summed E-state index contributed by atoms with van der Waals surface area (Å²) in [5, 5.41) is 3.26. The van der Waals surface area contributed by atoms with Crippen LogP contribution in [0.1, 0.15) is 18.4 Å². The fourth-order valence-corrected chi connectivity index (χ4v) is 3.94. The summed E-state index contributed by atoms with van der Waals surface area (Å²) in [4.78, 5) is 9.18. The van der Waals surface area contributed by atoms with Gasteiger partial charge in [-0.1, -0.05) is 29.8 Å². The fraction of sp³-hybridized carbons (Fsp3) is 0.318. The predicted octanol–water partition coefficient (Wildman–Crippen LogP) is 4.99. The number of piperidine rings is 1. The number of benzene rings is 2. The number of anilines is 1. The SMILES string of the molecule is CN(c1ccc2cnccc2c1)C1CCN(Cc2ccc(Cl)cc2)CC1. The lowest BCUT2D eigenvalue weighted by Gasteiger charge is -2.38. The van der Waals surface area contributed by atoms with Crippen LogP contribution < -0.4 is 4.90 Å². The normalized spacial score (nSPS) is 16.1. The zero-order chi connectivity index (χ0) is 17.9. The van der Waals surface area contributed by atoms with Crippen LogP contribution in [-0.2, 0) is 6.54 Å². The first-order valence-electron chi connectivity index (χ1n) is 9.22. The molecule has 0 unspecified atom stereocenters. The highest BCUT2D eigenvalue weighted by Crippen LogP contribution is 2.26. The Hall–Kier alpha value is -2.10. The van der Waals surface area contributed by atoms with E-state index in [1.807, 2.05) is 24.5 Å². The number of fused-ring (bicyclic) bond motifs is 1. The Morgan fingerprint density at radius 3 is 2.58 bits per heavy atom. The number of aromatic nitrogens is 1. The van der Waals surface area contributed by atoms with E-state index in [4.69, 9.17) is 11.6 Å². The van der Waals surface area contributed by atoms with Crippen molar-refractivity contribution in [1.29, 1.82) is 0 Å². The molecular weight excluding hydrogens is 342 g/mol. The van der Waals surface area contributed by atoms with Crippen LogP contribution in [-0.4, -0.2) is 36.1 Å². The molecule has 2 aromatic carbocycles. The molecule has 0 bridgehead atoms. The number of halogens is 1. The van der Waals surface area contributed by atoms with Crippen molar-refractivity contribution in [2.45, 2.75) is 25.4 Å². The van der Waals surface area contributed by atoms with Crippen molar-refractivity contribution in [2.75, 3.05) is 25.0 Å². The summed E-state index contributed by atoms with van der Waals surface area (Å²) in [6.45, 7) is 3.28. The summed E-state index contributed by atoms with van der Waals surface area (Å²) in [6.07, 6.45) is 6.17. The summed E-state index contributed by atoms with van der Waals surface area (Å²) in [5.41, 5.74) is 2.63. The average Bonchev–Trinajstić information content (AvgIpc) is 2.69. The quantitative estimate of drug-likeness (QED) is 0.649. The Morgan fingerprint density at radius 1 is 1.04 bits per heavy atom. The van der Waals surface area contributed by atoms with Gasteiger partial charge in [-0.3, -0.25) is 9.88 Å². The van der Waals surface area contributed by atoms with E-state index in [1.54, 1.807) is 0 Å². The van der Waals surface area contributed by atoms with Gasteiger partial charge in [-0.15, -0.1) is 0 Å². The standard InChI is InChI=1S/C22H24ClN3/c1-25(22-7-4-19-15-24-11-8-18(19)14-22)21-9-12-26(13-10-21)16-17-2-5-20(23)6-3-17/h2-8,11,14-15,21H,9-10,12-13,16H2,1H3. The van der Waals surface area contributed by atoms with Gasteiger partial charge >= 0.3 is 0 Å². The zero-order valence-electron chi connectivity index (χ0n) is 15.1. The van der Waals surface area contributed by atoms with E-state index in [0.717, 1.165) is 24.7 Å². The van der Waals surface area contributed by atoms with Crippen molar-refractivity contribution in [1.82, 2.24) is 9.88 Å². The van der Waals surface area contributed by atoms with Gasteiger partial charge in [0, 0.05) is 61.2 Å². The van der Waals surface area contributed by atoms with Gasteiger partial charge in [-0.2, -0.15) is 0 Å². The van der Waals surface area contributed by atoms with Crippen LogP contribution in [0.2, 0.25) is 5.02 Å². The Labute approximate surface area is 160 Å². The maximum atomic E-state index is 5.98. The molecule has 4 rings (SSSR count). The minimum Gasteiger partial charge on any atom is -0.371 e. The number of hydrogen-bond donors (Lipinski definition) is 0. The van der Waals surface area contributed by atoms with Gasteiger partial charge in [0.2, 0.25) is 0 Å². The third kappa shape index (κ3) is 3.84. The van der Waals surface area contributed by atoms with Crippen LogP contribution in [0.25, 0.3) is 10.8 Å². The highest BCUT2D eigenvalue weighted by Gasteiger charge is 2.22. The summed E-state index contributed by atoms with van der Waals surface area (Å²) < 4.78 is 0. The Balaban J connectivity index is 1.38. The van der Waals surface area contributed by atoms with E-state index in [2.05, 4.69) is 58.2 Å². The highest BCUT2D eigenvalue weighted by atomic mass is 35.5. The summed E-state index contributed by atoms with van der Waals surface area (Å²) >= 11 is 5.98. The molecule has 1 aliphatic rings. The second kappa shape index (κ2) is 7.65. The maximum absolute atomic E-state index is 5.98. The summed E-state index contributed by atoms with van der Waals surface area (Å²) in [7, 11) is 2.22. The lowest BCUT2D eigenvalue weighted by Crippen LogP contribution is -2.43. The van der Waals surface area contributed by atoms with E-state index in [9.17, 15) is 0 Å². The van der Waals surface area contributed by atoms with Crippen molar-refractivity contribution >= 4 is 28.1 Å². The Morgan fingerprint density at radius 2 is 1.81 bits per heavy atom. The minimum absolute atomic E-state index is 0.593. The third-order valence-corrected chi connectivity index (χ3v) is 5.71. The average molecular weight is 366 g/mol. The predicted molar refractivity (Wildman–Crippen MR) is 110 cm³/mol. The van der Waals surface area contributed by atoms with Gasteiger partial charge in [-0.05, 0) is 54.1 Å². The van der Waals surface area contributed by atoms with E-state index in [0.29, 0.717) is 6.04 Å². The Bertz CT molecular complexity index is 870. The molecule has 4 heteroatoms. The molecule has 1 aromatic heterocycles. The van der Waals surface area contributed by atoms with Crippen LogP contribution >= 0.6 is 11.6 Å². The van der Waals surface area contributed by atoms with Crippen molar-refractivity contribution < 1.29 is 0 Å². The molecule has 134 valence electrons. The number of pyridine rings is 1. The largest absolute Gasteiger partial charge is 0.371 e. The van der Waals surface area contributed by atoms with Gasteiger partial charge < -0.3 is 4.90 Å². The molecule has 0 saturated carbocycles. The van der Waals surface area contributed by atoms with E-state index >= 15 is 0 Å². The van der Waals surface area contributed by atoms with Gasteiger partial charge in [0.15, 0.2) is 0 Å². The van der Waals surface area contributed by atoms with Crippen LogP contribution in [0.3, 0.4) is 0 Å². The van der Waals surface area contributed by atoms with E-state index in [1.165, 1.54) is 34.9 Å². The molecular formula is C22H24ClN3. The first-order valence-corrected chi connectivity index (χ1v) is 9.60. The van der Waals surface area contributed by atoms with Crippen LogP contribution in [0.5, 0.6) is 0 Å². The second-order valence-electron chi connectivity index (χ2n) is 7.15. The Kier molecular flexibility index (Phi) is 5.09. The molecule has 26 heavy (non-hydrogen) atoms. The van der Waals surface area contributed by atoms with Crippen molar-refractivity contribution in [3.63, 3.8) is 0 Å². The summed E-state index contributed by atoms with van der Waals surface area (Å²) in [5.74, 6) is 0. The molecule has 0 spiro atoms. The third-order valence-electron chi connectivity index (χ3n) is 5.46. The van der Waals surface area contributed by atoms with Gasteiger partial charge in [0.05, 0.1) is 0 Å². The van der Waals surface area contributed by atoms with E-state index in [-0.39, 0.29) is 0 Å². The monoisotopic (exact) mass is 365 g/mol. The van der Waals surface area contributed by atoms with Gasteiger partial charge in [-0.25, -0.2) is 0 Å². The molecule has 0 radical (unpaired) electrons. The van der Waals surface area contributed by atoms with Crippen molar-refractivity contribution in [3.8, 4) is 0 Å². The van der Waals surface area contributed by atoms with Gasteiger partial charge in [0.25, 0.3) is 0 Å². The molecule has 1 fully saturated rings. The lowest BCUT2D eigenvalue weighted by molar-refractivity contribution is 0.203. The molecule has 1 saturated heterocycles. The minimum atomic E-state index is 0.593. The molecule has 3 nitrogen and oxygen atoms in total. The zero-order valence-corrected chi connectivity index (χ0v) is 15.9. The van der Waals surface area contributed by atoms with Crippen molar-refractivity contribution in [3.05, 3.63) is 71.5 Å². The smallest absolute Gasteiger partial charge is 0.0406 e. The second-order valence-corrected chi connectivity index (χ2v) is 7.59. The lowest BCUT2D eigenvalue weighted by atomic mass is 10.0. The first-order chi connectivity index (χ1) is 12.7. The number of likely N-dealkylation sites (tertiary alicyclic amines) is 1. The summed E-state index contributed by atoms with van der Waals surface area (Å²) in [6, 6.07) is 17.6.